The normalized spacial score (nSPS) is 10.0. The summed E-state index contributed by atoms with van der Waals surface area (Å²) < 4.78 is 24.9. The van der Waals surface area contributed by atoms with Crippen molar-refractivity contribution in [2.45, 2.75) is 6.43 Å². The van der Waals surface area contributed by atoms with Gasteiger partial charge in [0.15, 0.2) is 0 Å². The second-order valence-corrected chi connectivity index (χ2v) is 2.77. The van der Waals surface area contributed by atoms with Crippen molar-refractivity contribution in [2.75, 3.05) is 0 Å². The highest BCUT2D eigenvalue weighted by Gasteiger charge is 2.30. The fourth-order valence-corrected chi connectivity index (χ4v) is 1.07. The largest absolute Gasteiger partial charge is 0.475 e. The van der Waals surface area contributed by atoms with Gasteiger partial charge in [-0.25, -0.2) is 13.6 Å². The van der Waals surface area contributed by atoms with Crippen LogP contribution in [0, 0.1) is 21.4 Å². The molecule has 0 fully saturated rings. The van der Waals surface area contributed by atoms with Crippen molar-refractivity contribution in [2.24, 2.45) is 0 Å². The van der Waals surface area contributed by atoms with Crippen LogP contribution in [-0.2, 0) is 0 Å². The third-order valence-corrected chi connectivity index (χ3v) is 1.76. The molecule has 88 valence electrons. The van der Waals surface area contributed by atoms with Gasteiger partial charge in [0.1, 0.15) is 17.2 Å². The first kappa shape index (κ1) is 12.4. The van der Waals surface area contributed by atoms with Gasteiger partial charge in [-0.05, 0) is 16.0 Å². The van der Waals surface area contributed by atoms with E-state index in [1.165, 1.54) is 6.07 Å². The van der Waals surface area contributed by atoms with Crippen LogP contribution < -0.4 is 0 Å². The predicted octanol–water partition coefficient (Wildman–Crippen LogP) is 1.50. The maximum absolute atomic E-state index is 12.4. The molecule has 0 aliphatic heterocycles. The summed E-state index contributed by atoms with van der Waals surface area (Å²) in [5, 5.41) is 27.6. The second kappa shape index (κ2) is 4.48. The molecule has 0 radical (unpaired) electrons. The maximum atomic E-state index is 12.4. The first-order valence-corrected chi connectivity index (χ1v) is 3.99. The molecule has 7 nitrogen and oxygen atoms in total. The first-order valence-electron chi connectivity index (χ1n) is 3.99. The third kappa shape index (κ3) is 2.31. The van der Waals surface area contributed by atoms with Crippen LogP contribution in [0.2, 0.25) is 0 Å². The molecule has 1 aromatic heterocycles. The number of aromatic nitrogens is 1. The molecule has 9 heteroatoms. The Morgan fingerprint density at radius 1 is 1.65 bits per heavy atom. The summed E-state index contributed by atoms with van der Waals surface area (Å²) in [5.41, 5.74) is -2.67. The van der Waals surface area contributed by atoms with E-state index in [0.29, 0.717) is 6.07 Å². The molecular formula is C8H3F2N3O4. The standard InChI is InChI=1S/C8H3F2N3O4/c9-6(10)4-1-3(2-11)5(8(14)15)12-7(4)13(16)17/h1,6H,(H,14,15). The Labute approximate surface area is 92.1 Å². The van der Waals surface area contributed by atoms with E-state index in [1.807, 2.05) is 0 Å². The molecule has 0 atom stereocenters. The molecule has 0 amide bonds. The minimum atomic E-state index is -3.22. The van der Waals surface area contributed by atoms with Crippen LogP contribution in [-0.4, -0.2) is 21.0 Å². The monoisotopic (exact) mass is 243 g/mol. The number of nitro groups is 1. The Balaban J connectivity index is 3.61. The summed E-state index contributed by atoms with van der Waals surface area (Å²) in [5.74, 6) is -2.97. The third-order valence-electron chi connectivity index (χ3n) is 1.76. The molecule has 0 spiro atoms. The Hall–Kier alpha value is -2.63. The van der Waals surface area contributed by atoms with Gasteiger partial charge in [0.2, 0.25) is 0 Å². The van der Waals surface area contributed by atoms with E-state index in [1.54, 1.807) is 0 Å². The van der Waals surface area contributed by atoms with Crippen molar-refractivity contribution in [3.63, 3.8) is 0 Å². The van der Waals surface area contributed by atoms with Crippen molar-refractivity contribution in [3.05, 3.63) is 33.0 Å². The van der Waals surface area contributed by atoms with Gasteiger partial charge in [-0.3, -0.25) is 0 Å². The molecule has 0 aromatic carbocycles. The van der Waals surface area contributed by atoms with Gasteiger partial charge in [-0.2, -0.15) is 5.26 Å². The van der Waals surface area contributed by atoms with E-state index in [0.717, 1.165) is 0 Å². The van der Waals surface area contributed by atoms with E-state index >= 15 is 0 Å². The molecule has 0 aliphatic rings. The van der Waals surface area contributed by atoms with Crippen LogP contribution in [0.5, 0.6) is 0 Å². The van der Waals surface area contributed by atoms with Crippen molar-refractivity contribution < 1.29 is 23.6 Å². The number of carboxylic acids is 1. The average Bonchev–Trinajstić information content (AvgIpc) is 2.26. The van der Waals surface area contributed by atoms with E-state index in [2.05, 4.69) is 4.98 Å². The van der Waals surface area contributed by atoms with Gasteiger partial charge in [0.25, 0.3) is 12.1 Å². The van der Waals surface area contributed by atoms with Crippen molar-refractivity contribution in [1.82, 2.24) is 4.98 Å². The zero-order valence-electron chi connectivity index (χ0n) is 7.92. The number of alkyl halides is 2. The highest BCUT2D eigenvalue weighted by atomic mass is 19.3. The number of nitriles is 1. The first-order chi connectivity index (χ1) is 7.88. The summed E-state index contributed by atoms with van der Waals surface area (Å²) in [7, 11) is 0. The molecule has 17 heavy (non-hydrogen) atoms. The fraction of sp³-hybridized carbons (Fsp3) is 0.125. The van der Waals surface area contributed by atoms with E-state index in [9.17, 15) is 23.7 Å². The van der Waals surface area contributed by atoms with E-state index in [-0.39, 0.29) is 0 Å². The maximum Gasteiger partial charge on any atom is 0.382 e. The number of carbonyl (C=O) groups is 1. The van der Waals surface area contributed by atoms with Gasteiger partial charge in [0.05, 0.1) is 0 Å². The predicted molar refractivity (Wildman–Crippen MR) is 47.5 cm³/mol. The highest BCUT2D eigenvalue weighted by molar-refractivity contribution is 5.88. The number of rotatable bonds is 3. The average molecular weight is 243 g/mol. The van der Waals surface area contributed by atoms with Crippen LogP contribution in [0.25, 0.3) is 0 Å². The molecule has 0 saturated heterocycles. The summed E-state index contributed by atoms with van der Waals surface area (Å²) in [6, 6.07) is 1.80. The van der Waals surface area contributed by atoms with E-state index in [4.69, 9.17) is 10.4 Å². The molecular weight excluding hydrogens is 240 g/mol. The molecule has 1 rings (SSSR count). The van der Waals surface area contributed by atoms with Crippen LogP contribution in [0.1, 0.15) is 28.0 Å². The molecule has 0 saturated carbocycles. The number of pyridine rings is 1. The van der Waals surface area contributed by atoms with Gasteiger partial charge < -0.3 is 15.2 Å². The van der Waals surface area contributed by atoms with Gasteiger partial charge in [-0.15, -0.1) is 0 Å². The SMILES string of the molecule is N#Cc1cc(C(F)F)c([N+](=O)[O-])nc1C(=O)O. The molecule has 1 heterocycles. The zero-order chi connectivity index (χ0) is 13.2. The lowest BCUT2D eigenvalue weighted by molar-refractivity contribution is -0.391. The Morgan fingerprint density at radius 2 is 2.24 bits per heavy atom. The lowest BCUT2D eigenvalue weighted by Gasteiger charge is -2.02. The minimum absolute atomic E-state index is 0.458. The number of hydrogen-bond acceptors (Lipinski definition) is 5. The lowest BCUT2D eigenvalue weighted by atomic mass is 10.1. The Morgan fingerprint density at radius 3 is 2.59 bits per heavy atom. The number of halogens is 2. The molecule has 0 bridgehead atoms. The Kier molecular flexibility index (Phi) is 3.28. The summed E-state index contributed by atoms with van der Waals surface area (Å²) >= 11 is 0. The fourth-order valence-electron chi connectivity index (χ4n) is 1.07. The molecule has 0 aliphatic carbocycles. The summed E-state index contributed by atoms with van der Waals surface area (Å²) in [6.45, 7) is 0. The van der Waals surface area contributed by atoms with Crippen LogP contribution in [0.3, 0.4) is 0 Å². The zero-order valence-corrected chi connectivity index (χ0v) is 7.92. The lowest BCUT2D eigenvalue weighted by Crippen LogP contribution is -2.09. The number of nitrogens with zero attached hydrogens (tertiary/aromatic N) is 3. The number of aromatic carboxylic acids is 1. The summed E-state index contributed by atoms with van der Waals surface area (Å²) in [6.07, 6.45) is -3.22. The van der Waals surface area contributed by atoms with Crippen LogP contribution in [0.15, 0.2) is 6.07 Å². The topological polar surface area (TPSA) is 117 Å². The van der Waals surface area contributed by atoms with Crippen LogP contribution in [0.4, 0.5) is 14.6 Å². The van der Waals surface area contributed by atoms with E-state index < -0.39 is 40.0 Å². The van der Waals surface area contributed by atoms with Crippen molar-refractivity contribution >= 4 is 11.8 Å². The quantitative estimate of drug-likeness (QED) is 0.634. The number of hydrogen-bond donors (Lipinski definition) is 1. The smallest absolute Gasteiger partial charge is 0.382 e. The molecule has 1 aromatic rings. The molecule has 1 N–H and O–H groups in total. The second-order valence-electron chi connectivity index (χ2n) is 2.77. The summed E-state index contributed by atoms with van der Waals surface area (Å²) in [4.78, 5) is 22.8. The highest BCUT2D eigenvalue weighted by Crippen LogP contribution is 2.28. The van der Waals surface area contributed by atoms with Crippen molar-refractivity contribution in [1.29, 1.82) is 5.26 Å². The number of carboxylic acid groups (broad SMARTS) is 1. The van der Waals surface area contributed by atoms with Crippen molar-refractivity contribution in [3.8, 4) is 6.07 Å². The van der Waals surface area contributed by atoms with Gasteiger partial charge in [0, 0.05) is 0 Å². The van der Waals surface area contributed by atoms with Gasteiger partial charge in [-0.1, -0.05) is 0 Å². The van der Waals surface area contributed by atoms with Gasteiger partial charge >= 0.3 is 11.8 Å². The Bertz CT molecular complexity index is 538. The molecule has 0 unspecified atom stereocenters. The van der Waals surface area contributed by atoms with Crippen LogP contribution >= 0.6 is 0 Å². The minimum Gasteiger partial charge on any atom is -0.475 e.